The maximum atomic E-state index is 12.3. The second-order valence-electron chi connectivity index (χ2n) is 5.81. The summed E-state index contributed by atoms with van der Waals surface area (Å²) < 4.78 is 0. The van der Waals surface area contributed by atoms with Crippen molar-refractivity contribution >= 4 is 28.3 Å². The third-order valence-electron chi connectivity index (χ3n) is 3.90. The van der Waals surface area contributed by atoms with Gasteiger partial charge in [-0.05, 0) is 43.7 Å². The summed E-state index contributed by atoms with van der Waals surface area (Å²) in [5.74, 6) is -0.181. The Morgan fingerprint density at radius 2 is 1.83 bits per heavy atom. The molecule has 0 bridgehead atoms. The Balaban J connectivity index is 1.79. The Morgan fingerprint density at radius 3 is 2.62 bits per heavy atom. The summed E-state index contributed by atoms with van der Waals surface area (Å²) in [6.07, 6.45) is 0.195. The first-order chi connectivity index (χ1) is 11.5. The quantitative estimate of drug-likeness (QED) is 0.742. The first kappa shape index (κ1) is 15.9. The number of para-hydroxylation sites is 1. The van der Waals surface area contributed by atoms with E-state index in [1.165, 1.54) is 6.92 Å². The molecule has 0 spiro atoms. The summed E-state index contributed by atoms with van der Waals surface area (Å²) in [4.78, 5) is 28.3. The van der Waals surface area contributed by atoms with E-state index in [0.29, 0.717) is 11.3 Å². The lowest BCUT2D eigenvalue weighted by Crippen LogP contribution is -2.16. The zero-order valence-electron chi connectivity index (χ0n) is 13.7. The van der Waals surface area contributed by atoms with Gasteiger partial charge < -0.3 is 5.32 Å². The molecule has 3 aromatic rings. The monoisotopic (exact) mass is 318 g/mol. The molecule has 4 heteroatoms. The van der Waals surface area contributed by atoms with E-state index in [-0.39, 0.29) is 18.1 Å². The number of carbonyl (C=O) groups excluding carboxylic acids is 2. The van der Waals surface area contributed by atoms with Gasteiger partial charge in [0, 0.05) is 16.6 Å². The normalized spacial score (nSPS) is 10.6. The average molecular weight is 318 g/mol. The average Bonchev–Trinajstić information content (AvgIpc) is 2.55. The van der Waals surface area contributed by atoms with Crippen molar-refractivity contribution in [3.05, 3.63) is 71.4 Å². The number of amides is 1. The van der Waals surface area contributed by atoms with Crippen LogP contribution in [0.15, 0.2) is 54.6 Å². The molecular formula is C20H18N2O2. The standard InChI is InChI=1S/C20H18N2O2/c1-13-10-16-6-3-4-9-18(16)22-19(13)12-20(24)21-17-8-5-7-15(11-17)14(2)23/h3-11H,12H2,1-2H3,(H,21,24). The lowest BCUT2D eigenvalue weighted by Gasteiger charge is -2.09. The van der Waals surface area contributed by atoms with Crippen molar-refractivity contribution < 1.29 is 9.59 Å². The number of fused-ring (bicyclic) bond motifs is 1. The van der Waals surface area contributed by atoms with Crippen LogP contribution in [0.5, 0.6) is 0 Å². The number of Topliss-reactive ketones (excluding diaryl/α,β-unsaturated/α-hetero) is 1. The van der Waals surface area contributed by atoms with E-state index in [4.69, 9.17) is 0 Å². The number of nitrogens with zero attached hydrogens (tertiary/aromatic N) is 1. The van der Waals surface area contributed by atoms with Gasteiger partial charge in [0.15, 0.2) is 5.78 Å². The summed E-state index contributed by atoms with van der Waals surface area (Å²) in [5, 5.41) is 3.89. The minimum Gasteiger partial charge on any atom is -0.326 e. The van der Waals surface area contributed by atoms with Gasteiger partial charge in [-0.2, -0.15) is 0 Å². The maximum Gasteiger partial charge on any atom is 0.230 e. The van der Waals surface area contributed by atoms with E-state index < -0.39 is 0 Å². The Morgan fingerprint density at radius 1 is 1.04 bits per heavy atom. The summed E-state index contributed by atoms with van der Waals surface area (Å²) >= 11 is 0. The number of hydrogen-bond acceptors (Lipinski definition) is 3. The van der Waals surface area contributed by atoms with Crippen molar-refractivity contribution in [3.63, 3.8) is 0 Å². The molecule has 2 aromatic carbocycles. The maximum absolute atomic E-state index is 12.3. The highest BCUT2D eigenvalue weighted by atomic mass is 16.1. The number of carbonyl (C=O) groups is 2. The minimum absolute atomic E-state index is 0.0295. The summed E-state index contributed by atoms with van der Waals surface area (Å²) in [6.45, 7) is 3.46. The fourth-order valence-corrected chi connectivity index (χ4v) is 2.61. The Kier molecular flexibility index (Phi) is 4.38. The fourth-order valence-electron chi connectivity index (χ4n) is 2.61. The van der Waals surface area contributed by atoms with E-state index in [2.05, 4.69) is 10.3 Å². The van der Waals surface area contributed by atoms with Crippen LogP contribution in [0.4, 0.5) is 5.69 Å². The molecule has 3 rings (SSSR count). The predicted molar refractivity (Wildman–Crippen MR) is 95.3 cm³/mol. The number of anilines is 1. The lowest BCUT2D eigenvalue weighted by molar-refractivity contribution is -0.115. The number of nitrogens with one attached hydrogen (secondary N) is 1. The topological polar surface area (TPSA) is 59.1 Å². The highest BCUT2D eigenvalue weighted by Crippen LogP contribution is 2.17. The molecule has 4 nitrogen and oxygen atoms in total. The van der Waals surface area contributed by atoms with Gasteiger partial charge in [0.1, 0.15) is 0 Å². The van der Waals surface area contributed by atoms with Crippen LogP contribution in [-0.4, -0.2) is 16.7 Å². The molecule has 0 aliphatic rings. The Labute approximate surface area is 140 Å². The second-order valence-corrected chi connectivity index (χ2v) is 5.81. The van der Waals surface area contributed by atoms with Crippen LogP contribution in [0.2, 0.25) is 0 Å². The van der Waals surface area contributed by atoms with Crippen LogP contribution in [0.3, 0.4) is 0 Å². The SMILES string of the molecule is CC(=O)c1cccc(NC(=O)Cc2nc3ccccc3cc2C)c1. The number of ketones is 1. The third-order valence-corrected chi connectivity index (χ3v) is 3.90. The third kappa shape index (κ3) is 3.49. The van der Waals surface area contributed by atoms with Gasteiger partial charge in [0.05, 0.1) is 17.6 Å². The molecule has 0 aliphatic heterocycles. The van der Waals surface area contributed by atoms with Gasteiger partial charge in [0.25, 0.3) is 0 Å². The largest absolute Gasteiger partial charge is 0.326 e. The first-order valence-electron chi connectivity index (χ1n) is 7.79. The molecule has 24 heavy (non-hydrogen) atoms. The molecule has 0 saturated carbocycles. The van der Waals surface area contributed by atoms with E-state index >= 15 is 0 Å². The van der Waals surface area contributed by atoms with E-state index in [1.54, 1.807) is 24.3 Å². The Bertz CT molecular complexity index is 932. The molecule has 0 saturated heterocycles. The van der Waals surface area contributed by atoms with Gasteiger partial charge in [-0.1, -0.05) is 30.3 Å². The van der Waals surface area contributed by atoms with Gasteiger partial charge in [-0.25, -0.2) is 0 Å². The number of pyridine rings is 1. The summed E-state index contributed by atoms with van der Waals surface area (Å²) in [6, 6.07) is 16.8. The molecule has 1 heterocycles. The van der Waals surface area contributed by atoms with Gasteiger partial charge in [-0.15, -0.1) is 0 Å². The first-order valence-corrected chi connectivity index (χ1v) is 7.79. The number of benzene rings is 2. The van der Waals surface area contributed by atoms with Gasteiger partial charge in [-0.3, -0.25) is 14.6 Å². The van der Waals surface area contributed by atoms with Crippen molar-refractivity contribution in [1.82, 2.24) is 4.98 Å². The Hall–Kier alpha value is -3.01. The van der Waals surface area contributed by atoms with Crippen LogP contribution < -0.4 is 5.32 Å². The minimum atomic E-state index is -0.151. The van der Waals surface area contributed by atoms with Crippen LogP contribution in [0, 0.1) is 6.92 Å². The smallest absolute Gasteiger partial charge is 0.230 e. The van der Waals surface area contributed by atoms with Crippen LogP contribution in [-0.2, 0) is 11.2 Å². The highest BCUT2D eigenvalue weighted by molar-refractivity contribution is 5.97. The van der Waals surface area contributed by atoms with Crippen molar-refractivity contribution in [2.75, 3.05) is 5.32 Å². The van der Waals surface area contributed by atoms with Crippen LogP contribution >= 0.6 is 0 Å². The molecule has 0 radical (unpaired) electrons. The fraction of sp³-hybridized carbons (Fsp3) is 0.150. The van der Waals surface area contributed by atoms with Crippen LogP contribution in [0.1, 0.15) is 28.5 Å². The predicted octanol–water partition coefficient (Wildman–Crippen LogP) is 3.93. The summed E-state index contributed by atoms with van der Waals surface area (Å²) in [7, 11) is 0. The van der Waals surface area contributed by atoms with Crippen molar-refractivity contribution in [3.8, 4) is 0 Å². The second kappa shape index (κ2) is 6.62. The molecule has 0 atom stereocenters. The highest BCUT2D eigenvalue weighted by Gasteiger charge is 2.10. The zero-order valence-corrected chi connectivity index (χ0v) is 13.7. The molecule has 0 aliphatic carbocycles. The number of rotatable bonds is 4. The number of hydrogen-bond donors (Lipinski definition) is 1. The molecule has 1 N–H and O–H groups in total. The van der Waals surface area contributed by atoms with E-state index in [0.717, 1.165) is 22.2 Å². The van der Waals surface area contributed by atoms with Crippen LogP contribution in [0.25, 0.3) is 10.9 Å². The van der Waals surface area contributed by atoms with Gasteiger partial charge >= 0.3 is 0 Å². The van der Waals surface area contributed by atoms with E-state index in [1.807, 2.05) is 37.3 Å². The molecule has 0 unspecified atom stereocenters. The van der Waals surface area contributed by atoms with Gasteiger partial charge in [0.2, 0.25) is 5.91 Å². The van der Waals surface area contributed by atoms with Crippen molar-refractivity contribution in [1.29, 1.82) is 0 Å². The molecule has 120 valence electrons. The van der Waals surface area contributed by atoms with Crippen molar-refractivity contribution in [2.45, 2.75) is 20.3 Å². The lowest BCUT2D eigenvalue weighted by atomic mass is 10.1. The summed E-state index contributed by atoms with van der Waals surface area (Å²) in [5.41, 5.74) is 3.82. The van der Waals surface area contributed by atoms with Crippen molar-refractivity contribution in [2.24, 2.45) is 0 Å². The molecular weight excluding hydrogens is 300 g/mol. The molecule has 1 amide bonds. The number of aromatic nitrogens is 1. The molecule has 1 aromatic heterocycles. The number of aryl methyl sites for hydroxylation is 1. The van der Waals surface area contributed by atoms with E-state index in [9.17, 15) is 9.59 Å². The molecule has 0 fully saturated rings. The zero-order chi connectivity index (χ0) is 17.1.